The summed E-state index contributed by atoms with van der Waals surface area (Å²) in [5.74, 6) is -0.828. The Kier molecular flexibility index (Phi) is 4.93. The van der Waals surface area contributed by atoms with E-state index in [2.05, 4.69) is 5.32 Å². The molecule has 2 nitrogen and oxygen atoms in total. The Morgan fingerprint density at radius 3 is 2.40 bits per heavy atom. The van der Waals surface area contributed by atoms with Gasteiger partial charge in [-0.3, -0.25) is 0 Å². The minimum absolute atomic E-state index is 0.108. The highest BCUT2D eigenvalue weighted by atomic mass is 35.5. The van der Waals surface area contributed by atoms with E-state index in [9.17, 15) is 8.78 Å². The number of rotatable bonds is 5. The first kappa shape index (κ1) is 14.8. The summed E-state index contributed by atoms with van der Waals surface area (Å²) in [6.07, 6.45) is 0. The van der Waals surface area contributed by atoms with Gasteiger partial charge in [0.15, 0.2) is 0 Å². The van der Waals surface area contributed by atoms with Crippen LogP contribution in [0.1, 0.15) is 11.1 Å². The van der Waals surface area contributed by atoms with Crippen LogP contribution in [0.25, 0.3) is 0 Å². The maximum Gasteiger partial charge on any atom is 0.142 e. The highest BCUT2D eigenvalue weighted by molar-refractivity contribution is 6.32. The molecule has 0 unspecified atom stereocenters. The zero-order chi connectivity index (χ0) is 14.5. The van der Waals surface area contributed by atoms with E-state index in [1.807, 2.05) is 6.07 Å². The van der Waals surface area contributed by atoms with Crippen LogP contribution in [0.3, 0.4) is 0 Å². The Hall–Kier alpha value is -1.65. The molecule has 2 aromatic carbocycles. The largest absolute Gasteiger partial charge is 0.487 e. The minimum Gasteiger partial charge on any atom is -0.487 e. The molecule has 0 amide bonds. The lowest BCUT2D eigenvalue weighted by Gasteiger charge is -2.13. The van der Waals surface area contributed by atoms with Gasteiger partial charge in [0, 0.05) is 12.1 Å². The molecule has 0 spiro atoms. The zero-order valence-corrected chi connectivity index (χ0v) is 11.7. The lowest BCUT2D eigenvalue weighted by molar-refractivity contribution is 0.289. The van der Waals surface area contributed by atoms with Crippen LogP contribution in [-0.2, 0) is 13.2 Å². The highest BCUT2D eigenvalue weighted by Gasteiger charge is 2.12. The summed E-state index contributed by atoms with van der Waals surface area (Å²) in [7, 11) is 1.79. The van der Waals surface area contributed by atoms with Crippen LogP contribution in [0.5, 0.6) is 5.75 Å². The SMILES string of the molecule is CNCc1cccc(Cl)c1OCc1c(F)cccc1F. The van der Waals surface area contributed by atoms with Gasteiger partial charge in [-0.2, -0.15) is 0 Å². The third-order valence-corrected chi connectivity index (χ3v) is 3.14. The number of benzene rings is 2. The quantitative estimate of drug-likeness (QED) is 0.903. The van der Waals surface area contributed by atoms with Crippen LogP contribution in [0.4, 0.5) is 8.78 Å². The third-order valence-electron chi connectivity index (χ3n) is 2.84. The van der Waals surface area contributed by atoms with Crippen LogP contribution in [0.15, 0.2) is 36.4 Å². The van der Waals surface area contributed by atoms with Crippen LogP contribution in [-0.4, -0.2) is 7.05 Å². The van der Waals surface area contributed by atoms with Crippen molar-refractivity contribution in [2.24, 2.45) is 0 Å². The predicted molar refractivity (Wildman–Crippen MR) is 74.9 cm³/mol. The van der Waals surface area contributed by atoms with Crippen molar-refractivity contribution >= 4 is 11.6 Å². The number of ether oxygens (including phenoxy) is 1. The maximum atomic E-state index is 13.5. The standard InChI is InChI=1S/C15H14ClF2NO/c1-19-8-10-4-2-5-12(16)15(10)20-9-11-13(17)6-3-7-14(11)18/h2-7,19H,8-9H2,1H3. The first-order valence-electron chi connectivity index (χ1n) is 6.11. The molecule has 0 heterocycles. The molecule has 2 aromatic rings. The lowest BCUT2D eigenvalue weighted by Crippen LogP contribution is -2.09. The van der Waals surface area contributed by atoms with E-state index >= 15 is 0 Å². The molecular formula is C15H14ClF2NO. The maximum absolute atomic E-state index is 13.5. The molecule has 0 bridgehead atoms. The molecule has 0 aliphatic carbocycles. The van der Waals surface area contributed by atoms with Crippen molar-refractivity contribution in [3.8, 4) is 5.75 Å². The molecule has 0 aliphatic rings. The van der Waals surface area contributed by atoms with Gasteiger partial charge in [0.05, 0.1) is 10.6 Å². The summed E-state index contributed by atoms with van der Waals surface area (Å²) in [5.41, 5.74) is 0.722. The summed E-state index contributed by atoms with van der Waals surface area (Å²) in [6, 6.07) is 9.02. The fourth-order valence-electron chi connectivity index (χ4n) is 1.86. The third kappa shape index (κ3) is 3.26. The molecule has 1 N–H and O–H groups in total. The van der Waals surface area contributed by atoms with Crippen molar-refractivity contribution in [1.29, 1.82) is 0 Å². The monoisotopic (exact) mass is 297 g/mol. The molecule has 0 aliphatic heterocycles. The second-order valence-corrected chi connectivity index (χ2v) is 4.65. The van der Waals surface area contributed by atoms with Crippen molar-refractivity contribution in [2.45, 2.75) is 13.2 Å². The van der Waals surface area contributed by atoms with Gasteiger partial charge in [-0.05, 0) is 25.2 Å². The summed E-state index contributed by atoms with van der Waals surface area (Å²) in [4.78, 5) is 0. The molecule has 2 rings (SSSR count). The fourth-order valence-corrected chi connectivity index (χ4v) is 2.11. The van der Waals surface area contributed by atoms with Gasteiger partial charge in [-0.1, -0.05) is 29.8 Å². The van der Waals surface area contributed by atoms with Gasteiger partial charge in [-0.25, -0.2) is 8.78 Å². The van der Waals surface area contributed by atoms with E-state index in [-0.39, 0.29) is 12.2 Å². The summed E-state index contributed by atoms with van der Waals surface area (Å²) < 4.78 is 32.6. The van der Waals surface area contributed by atoms with Gasteiger partial charge in [0.2, 0.25) is 0 Å². The van der Waals surface area contributed by atoms with Crippen LogP contribution >= 0.6 is 11.6 Å². The second-order valence-electron chi connectivity index (χ2n) is 4.25. The smallest absolute Gasteiger partial charge is 0.142 e. The predicted octanol–water partition coefficient (Wildman–Crippen LogP) is 3.92. The number of hydrogen-bond acceptors (Lipinski definition) is 2. The van der Waals surface area contributed by atoms with E-state index in [1.165, 1.54) is 18.2 Å². The topological polar surface area (TPSA) is 21.3 Å². The molecule has 0 radical (unpaired) electrons. The van der Waals surface area contributed by atoms with Crippen molar-refractivity contribution in [3.63, 3.8) is 0 Å². The van der Waals surface area contributed by atoms with Gasteiger partial charge < -0.3 is 10.1 Å². The van der Waals surface area contributed by atoms with E-state index in [4.69, 9.17) is 16.3 Å². The number of nitrogens with one attached hydrogen (secondary N) is 1. The van der Waals surface area contributed by atoms with Crippen molar-refractivity contribution in [3.05, 3.63) is 64.2 Å². The average molecular weight is 298 g/mol. The Balaban J connectivity index is 2.23. The Morgan fingerprint density at radius 2 is 1.75 bits per heavy atom. The van der Waals surface area contributed by atoms with Crippen molar-refractivity contribution < 1.29 is 13.5 Å². The molecule has 20 heavy (non-hydrogen) atoms. The van der Waals surface area contributed by atoms with E-state index in [0.29, 0.717) is 17.3 Å². The summed E-state index contributed by atoms with van der Waals surface area (Å²) in [6.45, 7) is 0.342. The molecular weight excluding hydrogens is 284 g/mol. The molecule has 5 heteroatoms. The molecule has 0 saturated carbocycles. The Bertz CT molecular complexity index is 584. The van der Waals surface area contributed by atoms with Crippen LogP contribution in [0, 0.1) is 11.6 Å². The minimum atomic E-state index is -0.632. The fraction of sp³-hybridized carbons (Fsp3) is 0.200. The van der Waals surface area contributed by atoms with E-state index in [1.54, 1.807) is 19.2 Å². The van der Waals surface area contributed by atoms with Gasteiger partial charge >= 0.3 is 0 Å². The van der Waals surface area contributed by atoms with E-state index < -0.39 is 11.6 Å². The highest BCUT2D eigenvalue weighted by Crippen LogP contribution is 2.29. The normalized spacial score (nSPS) is 10.6. The molecule has 106 valence electrons. The van der Waals surface area contributed by atoms with Crippen molar-refractivity contribution in [1.82, 2.24) is 5.32 Å². The molecule has 0 aromatic heterocycles. The first-order valence-corrected chi connectivity index (χ1v) is 6.49. The zero-order valence-electron chi connectivity index (χ0n) is 10.9. The summed E-state index contributed by atoms with van der Waals surface area (Å²) in [5, 5.41) is 3.40. The first-order chi connectivity index (χ1) is 9.63. The molecule has 0 saturated heterocycles. The Morgan fingerprint density at radius 1 is 1.10 bits per heavy atom. The van der Waals surface area contributed by atoms with Crippen molar-refractivity contribution in [2.75, 3.05) is 7.05 Å². The second kappa shape index (κ2) is 6.68. The number of hydrogen-bond donors (Lipinski definition) is 1. The van der Waals surface area contributed by atoms with Gasteiger partial charge in [0.1, 0.15) is 24.0 Å². The summed E-state index contributed by atoms with van der Waals surface area (Å²) >= 11 is 6.07. The van der Waals surface area contributed by atoms with Crippen LogP contribution < -0.4 is 10.1 Å². The average Bonchev–Trinajstić information content (AvgIpc) is 2.41. The van der Waals surface area contributed by atoms with Gasteiger partial charge in [0.25, 0.3) is 0 Å². The van der Waals surface area contributed by atoms with E-state index in [0.717, 1.165) is 5.56 Å². The Labute approximate surface area is 121 Å². The molecule has 0 atom stereocenters. The van der Waals surface area contributed by atoms with Gasteiger partial charge in [-0.15, -0.1) is 0 Å². The molecule has 0 fully saturated rings. The van der Waals surface area contributed by atoms with Crippen LogP contribution in [0.2, 0.25) is 5.02 Å². The number of halogens is 3. The number of para-hydroxylation sites is 1. The lowest BCUT2D eigenvalue weighted by atomic mass is 10.2.